The molecule has 3 aromatic rings. The molecule has 0 spiro atoms. The number of carbonyl (C=O) groups excluding carboxylic acids is 1. The van der Waals surface area contributed by atoms with Gasteiger partial charge in [0.15, 0.2) is 0 Å². The number of H-pyrrole nitrogens is 2. The van der Waals surface area contributed by atoms with Crippen LogP contribution in [0.1, 0.15) is 23.0 Å². The Hall–Kier alpha value is -2.53. The summed E-state index contributed by atoms with van der Waals surface area (Å²) in [6, 6.07) is 9.47. The topological polar surface area (TPSA) is 70.8 Å². The second-order valence-corrected chi connectivity index (χ2v) is 5.51. The lowest BCUT2D eigenvalue weighted by molar-refractivity contribution is 0.0526. The molecule has 0 bridgehead atoms. The van der Waals surface area contributed by atoms with Gasteiger partial charge in [-0.25, -0.2) is 4.79 Å². The van der Waals surface area contributed by atoms with Gasteiger partial charge in [-0.2, -0.15) is 5.10 Å². The summed E-state index contributed by atoms with van der Waals surface area (Å²) in [6.45, 7) is 3.89. The van der Waals surface area contributed by atoms with Crippen LogP contribution < -0.4 is 0 Å². The van der Waals surface area contributed by atoms with Gasteiger partial charge in [-0.1, -0.05) is 23.7 Å². The molecule has 2 aromatic heterocycles. The van der Waals surface area contributed by atoms with E-state index in [9.17, 15) is 4.79 Å². The molecule has 2 N–H and O–H groups in total. The van der Waals surface area contributed by atoms with Crippen molar-refractivity contribution in [3.05, 3.63) is 52.8 Å². The lowest BCUT2D eigenvalue weighted by atomic mass is 10.0. The molecule has 23 heavy (non-hydrogen) atoms. The van der Waals surface area contributed by atoms with Crippen molar-refractivity contribution < 1.29 is 9.53 Å². The highest BCUT2D eigenvalue weighted by Gasteiger charge is 2.23. The molecule has 0 amide bonds. The summed E-state index contributed by atoms with van der Waals surface area (Å²) in [5.74, 6) is -0.389. The number of ether oxygens (including phenoxy) is 1. The van der Waals surface area contributed by atoms with Gasteiger partial charge in [0.25, 0.3) is 0 Å². The van der Waals surface area contributed by atoms with Crippen LogP contribution >= 0.6 is 11.6 Å². The van der Waals surface area contributed by atoms with Gasteiger partial charge in [-0.3, -0.25) is 5.10 Å². The third-order valence-electron chi connectivity index (χ3n) is 3.55. The number of esters is 1. The minimum atomic E-state index is -0.389. The van der Waals surface area contributed by atoms with Crippen LogP contribution in [0.4, 0.5) is 0 Å². The van der Waals surface area contributed by atoms with Gasteiger partial charge >= 0.3 is 5.97 Å². The van der Waals surface area contributed by atoms with Crippen LogP contribution in [-0.2, 0) is 4.74 Å². The number of nitrogens with one attached hydrogen (secondary N) is 2. The number of carbonyl (C=O) groups is 1. The van der Waals surface area contributed by atoms with E-state index >= 15 is 0 Å². The molecular formula is C17H16ClN3O2. The van der Waals surface area contributed by atoms with Crippen LogP contribution in [-0.4, -0.2) is 27.8 Å². The first-order valence-electron chi connectivity index (χ1n) is 7.27. The van der Waals surface area contributed by atoms with Gasteiger partial charge < -0.3 is 9.72 Å². The second-order valence-electron chi connectivity index (χ2n) is 5.07. The summed E-state index contributed by atoms with van der Waals surface area (Å²) < 4.78 is 5.14. The molecular weight excluding hydrogens is 314 g/mol. The van der Waals surface area contributed by atoms with Gasteiger partial charge in [0.2, 0.25) is 0 Å². The van der Waals surface area contributed by atoms with E-state index in [1.807, 2.05) is 36.5 Å². The first-order chi connectivity index (χ1) is 11.1. The van der Waals surface area contributed by atoms with E-state index in [2.05, 4.69) is 15.2 Å². The van der Waals surface area contributed by atoms with E-state index in [1.54, 1.807) is 13.8 Å². The molecule has 3 rings (SSSR count). The van der Waals surface area contributed by atoms with Gasteiger partial charge in [0.1, 0.15) is 11.3 Å². The zero-order valence-corrected chi connectivity index (χ0v) is 13.6. The Morgan fingerprint density at radius 1 is 1.35 bits per heavy atom. The molecule has 0 saturated heterocycles. The Morgan fingerprint density at radius 2 is 2.17 bits per heavy atom. The molecule has 0 aliphatic rings. The number of aromatic nitrogens is 3. The summed E-state index contributed by atoms with van der Waals surface area (Å²) in [5.41, 5.74) is 4.28. The molecule has 0 aliphatic heterocycles. The third kappa shape index (κ3) is 2.87. The number of hydrogen-bond donors (Lipinski definition) is 2. The lowest BCUT2D eigenvalue weighted by Gasteiger charge is -2.06. The average molecular weight is 330 g/mol. The normalized spacial score (nSPS) is 10.7. The van der Waals surface area contributed by atoms with Crippen molar-refractivity contribution >= 4 is 17.6 Å². The number of halogens is 1. The minimum absolute atomic E-state index is 0.314. The van der Waals surface area contributed by atoms with E-state index in [0.29, 0.717) is 28.6 Å². The predicted molar refractivity (Wildman–Crippen MR) is 89.5 cm³/mol. The zero-order valence-electron chi connectivity index (χ0n) is 12.8. The predicted octanol–water partition coefficient (Wildman–Crippen LogP) is 4.21. The number of rotatable bonds is 4. The maximum atomic E-state index is 12.2. The van der Waals surface area contributed by atoms with Gasteiger partial charge in [0, 0.05) is 22.5 Å². The summed E-state index contributed by atoms with van der Waals surface area (Å²) >= 11 is 6.08. The highest BCUT2D eigenvalue weighted by molar-refractivity contribution is 6.30. The highest BCUT2D eigenvalue weighted by atomic mass is 35.5. The summed E-state index contributed by atoms with van der Waals surface area (Å²) in [6.07, 6.45) is 1.81. The molecule has 5 nitrogen and oxygen atoms in total. The molecule has 0 unspecified atom stereocenters. The van der Waals surface area contributed by atoms with Crippen LogP contribution in [0.25, 0.3) is 22.5 Å². The SMILES string of the molecule is CCOC(=O)c1c(-c2[nH]ccc2-c2cccc(Cl)c2)n[nH]c1C. The number of aromatic amines is 2. The highest BCUT2D eigenvalue weighted by Crippen LogP contribution is 2.33. The maximum absolute atomic E-state index is 12.2. The smallest absolute Gasteiger partial charge is 0.342 e. The van der Waals surface area contributed by atoms with E-state index in [4.69, 9.17) is 16.3 Å². The molecule has 0 fully saturated rings. The lowest BCUT2D eigenvalue weighted by Crippen LogP contribution is -2.07. The van der Waals surface area contributed by atoms with Crippen molar-refractivity contribution in [1.82, 2.24) is 15.2 Å². The molecule has 1 aromatic carbocycles. The number of benzene rings is 1. The van der Waals surface area contributed by atoms with Crippen LogP contribution in [0.3, 0.4) is 0 Å². The first-order valence-corrected chi connectivity index (χ1v) is 7.65. The third-order valence-corrected chi connectivity index (χ3v) is 3.78. The van der Waals surface area contributed by atoms with Gasteiger partial charge in [-0.05, 0) is 37.6 Å². The quantitative estimate of drug-likeness (QED) is 0.704. The van der Waals surface area contributed by atoms with Crippen molar-refractivity contribution in [3.63, 3.8) is 0 Å². The van der Waals surface area contributed by atoms with Crippen LogP contribution in [0.5, 0.6) is 0 Å². The Balaban J connectivity index is 2.12. The minimum Gasteiger partial charge on any atom is -0.462 e. The van der Waals surface area contributed by atoms with E-state index in [1.165, 1.54) is 0 Å². The summed E-state index contributed by atoms with van der Waals surface area (Å²) in [5, 5.41) is 7.79. The largest absolute Gasteiger partial charge is 0.462 e. The van der Waals surface area contributed by atoms with Crippen molar-refractivity contribution in [1.29, 1.82) is 0 Å². The second kappa shape index (κ2) is 6.30. The number of aryl methyl sites for hydroxylation is 1. The van der Waals surface area contributed by atoms with Crippen molar-refractivity contribution in [2.75, 3.05) is 6.61 Å². The fourth-order valence-corrected chi connectivity index (χ4v) is 2.72. The van der Waals surface area contributed by atoms with Crippen LogP contribution in [0, 0.1) is 6.92 Å². The van der Waals surface area contributed by atoms with Crippen LogP contribution in [0.2, 0.25) is 5.02 Å². The standard InChI is InChI=1S/C17H16ClN3O2/c1-3-23-17(22)14-10(2)20-21-16(14)15-13(7-8-19-15)11-5-4-6-12(18)9-11/h4-9,19H,3H2,1-2H3,(H,20,21). The monoisotopic (exact) mass is 329 g/mol. The molecule has 0 saturated carbocycles. The fraction of sp³-hybridized carbons (Fsp3) is 0.176. The molecule has 0 radical (unpaired) electrons. The molecule has 0 aliphatic carbocycles. The van der Waals surface area contributed by atoms with Gasteiger partial charge in [0.05, 0.1) is 12.3 Å². The van der Waals surface area contributed by atoms with Crippen molar-refractivity contribution in [3.8, 4) is 22.5 Å². The first kappa shape index (κ1) is 15.4. The summed E-state index contributed by atoms with van der Waals surface area (Å²) in [4.78, 5) is 15.4. The van der Waals surface area contributed by atoms with E-state index in [-0.39, 0.29) is 5.97 Å². The Kier molecular flexibility index (Phi) is 4.21. The van der Waals surface area contributed by atoms with Crippen LogP contribution in [0.15, 0.2) is 36.5 Å². The maximum Gasteiger partial charge on any atom is 0.342 e. The van der Waals surface area contributed by atoms with E-state index < -0.39 is 0 Å². The molecule has 2 heterocycles. The Bertz CT molecular complexity index is 851. The number of nitrogens with zero attached hydrogens (tertiary/aromatic N) is 1. The Labute approximate surface area is 138 Å². The molecule has 6 heteroatoms. The summed E-state index contributed by atoms with van der Waals surface area (Å²) in [7, 11) is 0. The Morgan fingerprint density at radius 3 is 2.91 bits per heavy atom. The molecule has 0 atom stereocenters. The number of hydrogen-bond acceptors (Lipinski definition) is 3. The van der Waals surface area contributed by atoms with Crippen molar-refractivity contribution in [2.24, 2.45) is 0 Å². The molecule has 118 valence electrons. The van der Waals surface area contributed by atoms with E-state index in [0.717, 1.165) is 16.8 Å². The van der Waals surface area contributed by atoms with Crippen molar-refractivity contribution in [2.45, 2.75) is 13.8 Å². The average Bonchev–Trinajstić information content (AvgIpc) is 3.13. The van der Waals surface area contributed by atoms with Gasteiger partial charge in [-0.15, -0.1) is 0 Å². The zero-order chi connectivity index (χ0) is 16.4. The fourth-order valence-electron chi connectivity index (χ4n) is 2.53.